The van der Waals surface area contributed by atoms with Gasteiger partial charge in [-0.2, -0.15) is 0 Å². The van der Waals surface area contributed by atoms with Crippen LogP contribution in [0.3, 0.4) is 0 Å². The average molecular weight is 499 g/mol. The number of carbonyl (C=O) groups is 3. The van der Waals surface area contributed by atoms with Crippen LogP contribution in [0, 0.1) is 35.0 Å². The van der Waals surface area contributed by atoms with Gasteiger partial charge in [0.15, 0.2) is 5.78 Å². The van der Waals surface area contributed by atoms with Crippen LogP contribution in [-0.2, 0) is 19.1 Å². The van der Waals surface area contributed by atoms with E-state index in [0.717, 1.165) is 24.8 Å². The van der Waals surface area contributed by atoms with Crippen LogP contribution in [0.25, 0.3) is 0 Å². The summed E-state index contributed by atoms with van der Waals surface area (Å²) in [6, 6.07) is 0. The van der Waals surface area contributed by atoms with Crippen molar-refractivity contribution in [2.24, 2.45) is 35.0 Å². The van der Waals surface area contributed by atoms with E-state index in [-0.39, 0.29) is 40.4 Å². The molecule has 8 atom stereocenters. The second-order valence-corrected chi connectivity index (χ2v) is 12.7. The van der Waals surface area contributed by atoms with Gasteiger partial charge in [0.1, 0.15) is 6.10 Å². The summed E-state index contributed by atoms with van der Waals surface area (Å²) in [4.78, 5) is 37.1. The molecule has 0 radical (unpaired) electrons. The number of hydrogen-bond donors (Lipinski definition) is 2. The average Bonchev–Trinajstić information content (AvgIpc) is 2.97. The fourth-order valence-corrected chi connectivity index (χ4v) is 7.89. The number of carboxylic acid groups (broad SMARTS) is 1. The maximum Gasteiger partial charge on any atom is 0.333 e. The third-order valence-corrected chi connectivity index (χ3v) is 10.2. The first-order valence-corrected chi connectivity index (χ1v) is 13.5. The highest BCUT2D eigenvalue weighted by Crippen LogP contribution is 2.57. The molecular formula is C30H42O6. The molecule has 3 fully saturated rings. The Bertz CT molecular complexity index is 1020. The number of fused-ring (bicyclic) bond motifs is 2. The molecule has 6 heteroatoms. The Morgan fingerprint density at radius 2 is 1.72 bits per heavy atom. The monoisotopic (exact) mass is 498 g/mol. The number of hydrogen-bond acceptors (Lipinski definition) is 5. The molecule has 2 N–H and O–H groups in total. The van der Waals surface area contributed by atoms with Crippen LogP contribution in [0.4, 0.5) is 0 Å². The normalized spacial score (nSPS) is 40.6. The first kappa shape index (κ1) is 26.8. The first-order chi connectivity index (χ1) is 16.7. The molecule has 0 saturated heterocycles. The fraction of sp³-hybridized carbons (Fsp3) is 0.700. The van der Waals surface area contributed by atoms with Gasteiger partial charge < -0.3 is 14.9 Å². The van der Waals surface area contributed by atoms with Crippen LogP contribution >= 0.6 is 0 Å². The van der Waals surface area contributed by atoms with Crippen LogP contribution in [0.15, 0.2) is 35.5 Å². The van der Waals surface area contributed by atoms with Crippen LogP contribution in [0.1, 0.15) is 85.5 Å². The van der Waals surface area contributed by atoms with Crippen molar-refractivity contribution in [3.63, 3.8) is 0 Å². The van der Waals surface area contributed by atoms with E-state index in [1.165, 1.54) is 5.57 Å². The molecule has 0 bridgehead atoms. The number of allylic oxidation sites excluding steroid dienone is 2. The maximum atomic E-state index is 13.3. The number of carbonyl (C=O) groups excluding carboxylic acids is 2. The predicted molar refractivity (Wildman–Crippen MR) is 137 cm³/mol. The molecule has 0 spiro atoms. The summed E-state index contributed by atoms with van der Waals surface area (Å²) in [7, 11) is 0. The van der Waals surface area contributed by atoms with Crippen molar-refractivity contribution in [3.8, 4) is 0 Å². The Morgan fingerprint density at radius 1 is 1.03 bits per heavy atom. The summed E-state index contributed by atoms with van der Waals surface area (Å²) in [6.45, 7) is 15.9. The highest BCUT2D eigenvalue weighted by molar-refractivity contribution is 5.98. The molecule has 4 rings (SSSR count). The highest BCUT2D eigenvalue weighted by Gasteiger charge is 2.55. The van der Waals surface area contributed by atoms with Crippen LogP contribution in [0.5, 0.6) is 0 Å². The molecule has 198 valence electrons. The number of ether oxygens (including phenoxy) is 1. The van der Waals surface area contributed by atoms with E-state index in [0.29, 0.717) is 50.0 Å². The minimum Gasteiger partial charge on any atom is -0.478 e. The SMILES string of the molecule is C=C(C(=O)O)[C@@H]1CC[C@@]2(C)C[C@@H](OC(=O)C(=C)[C@@H]3CC[C@H](C)[C@@H]4CC(=O)C(C)=C4C3)C[C@@](C)(O)[C@@H]2C1. The molecule has 36 heavy (non-hydrogen) atoms. The standard InChI is InChI=1S/C30H42O6/c1-16-7-8-20(11-24-19(4)25(31)13-23(16)24)18(3)28(34)36-22-14-29(5)10-9-21(17(2)27(32)33)12-26(29)30(6,35)15-22/h16,20-23,26,35H,2-3,7-15H2,1,4-6H3,(H,32,33)/t16-,20+,21+,22+,23-,26+,29-,30+/m0/s1. The summed E-state index contributed by atoms with van der Waals surface area (Å²) in [5.41, 5.74) is 1.42. The lowest BCUT2D eigenvalue weighted by atomic mass is 9.52. The maximum absolute atomic E-state index is 13.3. The number of rotatable bonds is 5. The molecule has 4 aliphatic rings. The van der Waals surface area contributed by atoms with E-state index in [1.807, 2.05) is 6.92 Å². The number of esters is 1. The number of aliphatic carboxylic acids is 1. The van der Waals surface area contributed by atoms with Gasteiger partial charge in [-0.05, 0) is 99.4 Å². The van der Waals surface area contributed by atoms with E-state index >= 15 is 0 Å². The van der Waals surface area contributed by atoms with Crippen molar-refractivity contribution in [1.82, 2.24) is 0 Å². The molecule has 0 amide bonds. The van der Waals surface area contributed by atoms with Gasteiger partial charge in [-0.25, -0.2) is 9.59 Å². The summed E-state index contributed by atoms with van der Waals surface area (Å²) < 4.78 is 6.00. The minimum absolute atomic E-state index is 0.0364. The zero-order valence-electron chi connectivity index (χ0n) is 22.3. The molecule has 3 saturated carbocycles. The quantitative estimate of drug-likeness (QED) is 0.389. The number of aliphatic hydroxyl groups is 1. The van der Waals surface area contributed by atoms with Crippen LogP contribution < -0.4 is 0 Å². The van der Waals surface area contributed by atoms with Crippen molar-refractivity contribution in [2.45, 2.75) is 97.2 Å². The molecule has 0 aromatic carbocycles. The predicted octanol–water partition coefficient (Wildman–Crippen LogP) is 5.40. The van der Waals surface area contributed by atoms with Gasteiger partial charge in [-0.15, -0.1) is 0 Å². The fourth-order valence-electron chi connectivity index (χ4n) is 7.89. The summed E-state index contributed by atoms with van der Waals surface area (Å²) in [5, 5.41) is 20.8. The lowest BCUT2D eigenvalue weighted by Gasteiger charge is -2.55. The Kier molecular flexibility index (Phi) is 7.15. The van der Waals surface area contributed by atoms with E-state index < -0.39 is 23.6 Å². The van der Waals surface area contributed by atoms with E-state index in [1.54, 1.807) is 6.92 Å². The summed E-state index contributed by atoms with van der Waals surface area (Å²) in [6.07, 6.45) is 5.66. The Balaban J connectivity index is 1.44. The molecular weight excluding hydrogens is 456 g/mol. The number of carboxylic acids is 1. The van der Waals surface area contributed by atoms with Gasteiger partial charge in [0.2, 0.25) is 0 Å². The van der Waals surface area contributed by atoms with Crippen molar-refractivity contribution in [3.05, 3.63) is 35.5 Å². The van der Waals surface area contributed by atoms with E-state index in [4.69, 9.17) is 4.74 Å². The van der Waals surface area contributed by atoms with Crippen molar-refractivity contribution in [1.29, 1.82) is 0 Å². The second kappa shape index (κ2) is 9.59. The lowest BCUT2D eigenvalue weighted by Crippen LogP contribution is -2.56. The minimum atomic E-state index is -1.08. The number of ketones is 1. The lowest BCUT2D eigenvalue weighted by molar-refractivity contribution is -0.178. The third-order valence-electron chi connectivity index (χ3n) is 10.2. The Labute approximate surface area is 214 Å². The zero-order chi connectivity index (χ0) is 26.6. The smallest absolute Gasteiger partial charge is 0.333 e. The van der Waals surface area contributed by atoms with Crippen LogP contribution in [-0.4, -0.2) is 39.6 Å². The molecule has 0 aliphatic heterocycles. The van der Waals surface area contributed by atoms with Gasteiger partial charge in [-0.1, -0.05) is 32.6 Å². The van der Waals surface area contributed by atoms with Gasteiger partial charge in [0, 0.05) is 24.0 Å². The molecule has 0 heterocycles. The zero-order valence-corrected chi connectivity index (χ0v) is 22.3. The summed E-state index contributed by atoms with van der Waals surface area (Å²) in [5.74, 6) is -0.728. The molecule has 0 unspecified atom stereocenters. The summed E-state index contributed by atoms with van der Waals surface area (Å²) >= 11 is 0. The molecule has 0 aromatic rings. The third kappa shape index (κ3) is 4.85. The molecule has 0 aromatic heterocycles. The molecule has 6 nitrogen and oxygen atoms in total. The highest BCUT2D eigenvalue weighted by atomic mass is 16.5. The van der Waals surface area contributed by atoms with Crippen LogP contribution in [0.2, 0.25) is 0 Å². The van der Waals surface area contributed by atoms with Gasteiger partial charge in [0.25, 0.3) is 0 Å². The van der Waals surface area contributed by atoms with Crippen molar-refractivity contribution in [2.75, 3.05) is 0 Å². The van der Waals surface area contributed by atoms with Gasteiger partial charge >= 0.3 is 11.9 Å². The Morgan fingerprint density at radius 3 is 2.39 bits per heavy atom. The molecule has 4 aliphatic carbocycles. The first-order valence-electron chi connectivity index (χ1n) is 13.5. The second-order valence-electron chi connectivity index (χ2n) is 12.7. The number of Topliss-reactive ketones (excluding diaryl/α,β-unsaturated/α-hetero) is 1. The van der Waals surface area contributed by atoms with E-state index in [2.05, 4.69) is 27.0 Å². The largest absolute Gasteiger partial charge is 0.478 e. The Hall–Kier alpha value is -2.21. The van der Waals surface area contributed by atoms with Gasteiger partial charge in [0.05, 0.1) is 5.60 Å². The van der Waals surface area contributed by atoms with Gasteiger partial charge in [-0.3, -0.25) is 4.79 Å². The van der Waals surface area contributed by atoms with Crippen molar-refractivity contribution >= 4 is 17.7 Å². The topological polar surface area (TPSA) is 101 Å². The van der Waals surface area contributed by atoms with Crippen molar-refractivity contribution < 1.29 is 29.3 Å². The van der Waals surface area contributed by atoms with E-state index in [9.17, 15) is 24.6 Å².